The first-order chi connectivity index (χ1) is 14.3. The molecule has 166 valence electrons. The van der Waals surface area contributed by atoms with Gasteiger partial charge in [0.1, 0.15) is 6.04 Å². The Kier molecular flexibility index (Phi) is 6.27. The zero-order valence-electron chi connectivity index (χ0n) is 19.7. The minimum atomic E-state index is -0.880. The van der Waals surface area contributed by atoms with Crippen molar-refractivity contribution in [1.82, 2.24) is 0 Å². The normalized spacial score (nSPS) is 18.6. The van der Waals surface area contributed by atoms with Gasteiger partial charge in [-0.25, -0.2) is 4.79 Å². The summed E-state index contributed by atoms with van der Waals surface area (Å²) < 4.78 is 12.2. The lowest BCUT2D eigenvalue weighted by atomic mass is 9.78. The van der Waals surface area contributed by atoms with Gasteiger partial charge < -0.3 is 19.7 Å². The molecule has 0 amide bonds. The largest absolute Gasteiger partial charge is 0.494 e. The van der Waals surface area contributed by atoms with Crippen molar-refractivity contribution in [3.8, 4) is 0 Å². The third kappa shape index (κ3) is 5.31. The molecule has 0 aromatic heterocycles. The van der Waals surface area contributed by atoms with Crippen LogP contribution in [0.2, 0.25) is 0 Å². The maximum Gasteiger partial charge on any atom is 0.494 e. The standard InChI is InChI=1S/C25H34BNO4/c1-23(2,3)18-10-14-20(15-11-18)27-21(22(28)29)16-17-8-12-19(13-9-17)26-30-24(4,5)25(6,7)31-26/h8-15,21,27H,16H2,1-7H3,(H,28,29)/t21-/m0/s1. The molecule has 2 aromatic carbocycles. The number of anilines is 1. The number of nitrogens with one attached hydrogen (secondary N) is 1. The molecule has 5 nitrogen and oxygen atoms in total. The van der Waals surface area contributed by atoms with Crippen LogP contribution in [0.15, 0.2) is 48.5 Å². The predicted octanol–water partition coefficient (Wildman–Crippen LogP) is 4.39. The Morgan fingerprint density at radius 1 is 0.968 bits per heavy atom. The van der Waals surface area contributed by atoms with Crippen molar-refractivity contribution in [3.63, 3.8) is 0 Å². The molecule has 1 atom stereocenters. The Morgan fingerprint density at radius 3 is 1.94 bits per heavy atom. The molecule has 0 unspecified atom stereocenters. The van der Waals surface area contributed by atoms with E-state index in [1.165, 1.54) is 5.56 Å². The summed E-state index contributed by atoms with van der Waals surface area (Å²) in [6, 6.07) is 15.0. The third-order valence-electron chi connectivity index (χ3n) is 6.33. The van der Waals surface area contributed by atoms with Crippen molar-refractivity contribution in [3.05, 3.63) is 59.7 Å². The lowest BCUT2D eigenvalue weighted by Crippen LogP contribution is -2.41. The number of hydrogen-bond donors (Lipinski definition) is 2. The van der Waals surface area contributed by atoms with E-state index in [2.05, 4.69) is 26.1 Å². The fourth-order valence-electron chi connectivity index (χ4n) is 3.49. The Morgan fingerprint density at radius 2 is 1.48 bits per heavy atom. The zero-order chi connectivity index (χ0) is 23.0. The molecule has 0 radical (unpaired) electrons. The summed E-state index contributed by atoms with van der Waals surface area (Å²) in [4.78, 5) is 11.9. The van der Waals surface area contributed by atoms with E-state index in [4.69, 9.17) is 9.31 Å². The van der Waals surface area contributed by atoms with Crippen molar-refractivity contribution in [2.45, 2.75) is 77.5 Å². The maximum atomic E-state index is 11.9. The van der Waals surface area contributed by atoms with Crippen molar-refractivity contribution in [2.75, 3.05) is 5.32 Å². The number of carbonyl (C=O) groups is 1. The summed E-state index contributed by atoms with van der Waals surface area (Å²) in [5, 5.41) is 12.9. The molecule has 0 aliphatic carbocycles. The van der Waals surface area contributed by atoms with E-state index < -0.39 is 30.3 Å². The van der Waals surface area contributed by atoms with Gasteiger partial charge in [-0.2, -0.15) is 0 Å². The van der Waals surface area contributed by atoms with E-state index in [1.807, 2.05) is 76.2 Å². The van der Waals surface area contributed by atoms with E-state index >= 15 is 0 Å². The molecule has 1 heterocycles. The SMILES string of the molecule is CC(C)(C)c1ccc(N[C@@H](Cc2ccc(B3OC(C)(C)C(C)(C)O3)cc2)C(=O)O)cc1. The number of rotatable bonds is 6. The van der Waals surface area contributed by atoms with Crippen LogP contribution in [0.1, 0.15) is 59.6 Å². The molecule has 1 fully saturated rings. The van der Waals surface area contributed by atoms with Gasteiger partial charge in [-0.05, 0) is 61.8 Å². The van der Waals surface area contributed by atoms with Crippen molar-refractivity contribution in [1.29, 1.82) is 0 Å². The molecule has 0 spiro atoms. The third-order valence-corrected chi connectivity index (χ3v) is 6.33. The van der Waals surface area contributed by atoms with Gasteiger partial charge in [0.25, 0.3) is 0 Å². The average molecular weight is 423 g/mol. The van der Waals surface area contributed by atoms with Gasteiger partial charge in [-0.3, -0.25) is 0 Å². The zero-order valence-corrected chi connectivity index (χ0v) is 19.7. The highest BCUT2D eigenvalue weighted by molar-refractivity contribution is 6.62. The highest BCUT2D eigenvalue weighted by Gasteiger charge is 2.51. The first-order valence-corrected chi connectivity index (χ1v) is 10.8. The van der Waals surface area contributed by atoms with Crippen LogP contribution in [0.4, 0.5) is 5.69 Å². The minimum Gasteiger partial charge on any atom is -0.480 e. The quantitative estimate of drug-likeness (QED) is 0.675. The second-order valence-electron chi connectivity index (χ2n) is 10.4. The first-order valence-electron chi connectivity index (χ1n) is 10.8. The monoisotopic (exact) mass is 423 g/mol. The van der Waals surface area contributed by atoms with Gasteiger partial charge in [0.2, 0.25) is 0 Å². The first kappa shape index (κ1) is 23.4. The number of hydrogen-bond acceptors (Lipinski definition) is 4. The van der Waals surface area contributed by atoms with Crippen LogP contribution >= 0.6 is 0 Å². The fraction of sp³-hybridized carbons (Fsp3) is 0.480. The molecular formula is C25H34BNO4. The smallest absolute Gasteiger partial charge is 0.480 e. The Bertz CT molecular complexity index is 898. The van der Waals surface area contributed by atoms with E-state index in [0.717, 1.165) is 16.7 Å². The minimum absolute atomic E-state index is 0.0592. The van der Waals surface area contributed by atoms with Crippen LogP contribution in [0.3, 0.4) is 0 Å². The molecule has 2 aromatic rings. The summed E-state index contributed by atoms with van der Waals surface area (Å²) in [6.07, 6.45) is 0.375. The number of aliphatic carboxylic acids is 1. The topological polar surface area (TPSA) is 67.8 Å². The number of benzene rings is 2. The van der Waals surface area contributed by atoms with Crippen LogP contribution < -0.4 is 10.8 Å². The second kappa shape index (κ2) is 8.32. The lowest BCUT2D eigenvalue weighted by Gasteiger charge is -2.32. The van der Waals surface area contributed by atoms with Crippen LogP contribution in [-0.4, -0.2) is 35.4 Å². The van der Waals surface area contributed by atoms with E-state index in [1.54, 1.807) is 0 Å². The number of carboxylic acids is 1. The average Bonchev–Trinajstić information content (AvgIpc) is 2.89. The van der Waals surface area contributed by atoms with E-state index in [0.29, 0.717) is 6.42 Å². The summed E-state index contributed by atoms with van der Waals surface area (Å²) in [7, 11) is -0.422. The van der Waals surface area contributed by atoms with E-state index in [-0.39, 0.29) is 5.41 Å². The number of carboxylic acid groups (broad SMARTS) is 1. The Labute approximate surface area is 186 Å². The highest BCUT2D eigenvalue weighted by atomic mass is 16.7. The second-order valence-corrected chi connectivity index (χ2v) is 10.4. The molecule has 1 aliphatic heterocycles. The molecule has 0 saturated carbocycles. The lowest BCUT2D eigenvalue weighted by molar-refractivity contribution is -0.137. The molecule has 1 aliphatic rings. The Balaban J connectivity index is 1.68. The van der Waals surface area contributed by atoms with Gasteiger partial charge in [-0.15, -0.1) is 0 Å². The van der Waals surface area contributed by atoms with Crippen molar-refractivity contribution >= 4 is 24.2 Å². The van der Waals surface area contributed by atoms with E-state index in [9.17, 15) is 9.90 Å². The molecule has 2 N–H and O–H groups in total. The molecule has 0 bridgehead atoms. The summed E-state index contributed by atoms with van der Waals surface area (Å²) in [5.41, 5.74) is 3.15. The molecular weight excluding hydrogens is 389 g/mol. The molecule has 6 heteroatoms. The van der Waals surface area contributed by atoms with Crippen molar-refractivity contribution in [2.24, 2.45) is 0 Å². The van der Waals surface area contributed by atoms with Crippen molar-refractivity contribution < 1.29 is 19.2 Å². The molecule has 3 rings (SSSR count). The molecule has 31 heavy (non-hydrogen) atoms. The predicted molar refractivity (Wildman–Crippen MR) is 126 cm³/mol. The summed E-state index contributed by atoms with van der Waals surface area (Å²) >= 11 is 0. The van der Waals surface area contributed by atoms with Gasteiger partial charge in [0.05, 0.1) is 11.2 Å². The van der Waals surface area contributed by atoms with Crippen LogP contribution in [0.25, 0.3) is 0 Å². The maximum absolute atomic E-state index is 11.9. The van der Waals surface area contributed by atoms with Crippen LogP contribution in [0, 0.1) is 0 Å². The summed E-state index contributed by atoms with van der Waals surface area (Å²) in [5.74, 6) is -0.880. The fourth-order valence-corrected chi connectivity index (χ4v) is 3.49. The van der Waals surface area contributed by atoms with Gasteiger partial charge in [0.15, 0.2) is 0 Å². The van der Waals surface area contributed by atoms with Crippen LogP contribution in [-0.2, 0) is 25.9 Å². The highest BCUT2D eigenvalue weighted by Crippen LogP contribution is 2.36. The van der Waals surface area contributed by atoms with Gasteiger partial charge >= 0.3 is 13.1 Å². The van der Waals surface area contributed by atoms with Gasteiger partial charge in [0, 0.05) is 12.1 Å². The van der Waals surface area contributed by atoms with Crippen LogP contribution in [0.5, 0.6) is 0 Å². The summed E-state index contributed by atoms with van der Waals surface area (Å²) in [6.45, 7) is 14.6. The Hall–Kier alpha value is -2.31. The molecule has 1 saturated heterocycles. The van der Waals surface area contributed by atoms with Gasteiger partial charge in [-0.1, -0.05) is 57.2 Å².